The molecule has 0 radical (unpaired) electrons. The molecule has 0 spiro atoms. The van der Waals surface area contributed by atoms with Crippen LogP contribution in [-0.4, -0.2) is 6.26 Å². The number of rotatable bonds is 1. The fourth-order valence-electron chi connectivity index (χ4n) is 0.498. The second kappa shape index (κ2) is 4.90. The van der Waals surface area contributed by atoms with Gasteiger partial charge in [-0.25, -0.2) is 0 Å². The molecule has 0 N–H and O–H groups in total. The Morgan fingerprint density at radius 3 is 2.20 bits per heavy atom. The number of hydrogen-bond acceptors (Lipinski definition) is 2. The zero-order valence-corrected chi connectivity index (χ0v) is 10.7. The molecule has 58 valence electrons. The molecule has 0 bridgehead atoms. The Bertz CT molecular complexity index is 187. The maximum Gasteiger partial charge on any atom is 0.312 e. The molecule has 1 aromatic rings. The second-order valence-corrected chi connectivity index (χ2v) is 5.81. The Kier molecular flexibility index (Phi) is 5.45. The highest BCUT2D eigenvalue weighted by Crippen LogP contribution is 2.33. The third-order valence-corrected chi connectivity index (χ3v) is 5.16. The molecular formula is C6H9IS3. The van der Waals surface area contributed by atoms with E-state index in [1.54, 1.807) is 0 Å². The number of aryl methyl sites for hydroxylation is 2. The highest BCUT2D eigenvalue weighted by atomic mass is 127. The molecule has 1 heterocycles. The minimum absolute atomic E-state index is 0. The van der Waals surface area contributed by atoms with E-state index in [4.69, 9.17) is 0 Å². The monoisotopic (exact) mass is 304 g/mol. The Hall–Kier alpha value is 1.13. The molecule has 1 rings (SSSR count). The summed E-state index contributed by atoms with van der Waals surface area (Å²) < 4.78 is 1.46. The van der Waals surface area contributed by atoms with Gasteiger partial charge in [0.25, 0.3) is 0 Å². The quantitative estimate of drug-likeness (QED) is 0.412. The summed E-state index contributed by atoms with van der Waals surface area (Å²) in [6.45, 7) is 4.35. The molecule has 1 aromatic heterocycles. The Balaban J connectivity index is 0.000000810. The minimum Gasteiger partial charge on any atom is -1.00 e. The summed E-state index contributed by atoms with van der Waals surface area (Å²) in [4.78, 5) is 2.92. The van der Waals surface area contributed by atoms with E-state index in [-0.39, 0.29) is 24.0 Å². The summed E-state index contributed by atoms with van der Waals surface area (Å²) in [7, 11) is 0. The van der Waals surface area contributed by atoms with Crippen LogP contribution in [0.4, 0.5) is 0 Å². The highest BCUT2D eigenvalue weighted by Gasteiger charge is 2.13. The van der Waals surface area contributed by atoms with E-state index in [1.807, 2.05) is 34.4 Å². The predicted molar refractivity (Wildman–Crippen MR) is 47.9 cm³/mol. The van der Waals surface area contributed by atoms with Gasteiger partial charge in [0, 0.05) is 0 Å². The average molecular weight is 304 g/mol. The van der Waals surface area contributed by atoms with Crippen molar-refractivity contribution in [1.29, 1.82) is 0 Å². The van der Waals surface area contributed by atoms with Gasteiger partial charge in [-0.05, 0) is 20.1 Å². The van der Waals surface area contributed by atoms with E-state index in [9.17, 15) is 0 Å². The van der Waals surface area contributed by atoms with Gasteiger partial charge in [-0.2, -0.15) is 0 Å². The van der Waals surface area contributed by atoms with Crippen molar-refractivity contribution in [2.75, 3.05) is 6.26 Å². The van der Waals surface area contributed by atoms with Crippen molar-refractivity contribution >= 4 is 34.4 Å². The van der Waals surface area contributed by atoms with E-state index in [0.29, 0.717) is 0 Å². The maximum absolute atomic E-state index is 2.18. The molecule has 4 heteroatoms. The van der Waals surface area contributed by atoms with Crippen molar-refractivity contribution in [3.8, 4) is 0 Å². The standard InChI is InChI=1S/C6H9S3.HI/c1-4-5(2)9-6(7-3)8-4;/h1-3H3;1H/q+1;/p-1. The van der Waals surface area contributed by atoms with Crippen LogP contribution in [0, 0.1) is 13.8 Å². The van der Waals surface area contributed by atoms with Crippen molar-refractivity contribution in [3.63, 3.8) is 0 Å². The molecule has 10 heavy (non-hydrogen) atoms. The minimum atomic E-state index is 0. The van der Waals surface area contributed by atoms with E-state index in [2.05, 4.69) is 20.1 Å². The lowest BCUT2D eigenvalue weighted by Crippen LogP contribution is -3.00. The molecule has 0 aliphatic heterocycles. The van der Waals surface area contributed by atoms with Crippen LogP contribution in [-0.2, 0) is 0 Å². The topological polar surface area (TPSA) is 0 Å². The molecule has 0 nitrogen and oxygen atoms in total. The first-order valence-electron chi connectivity index (χ1n) is 2.68. The van der Waals surface area contributed by atoms with Crippen LogP contribution in [0.5, 0.6) is 0 Å². The van der Waals surface area contributed by atoms with Crippen molar-refractivity contribution in [1.82, 2.24) is 0 Å². The third-order valence-electron chi connectivity index (χ3n) is 1.14. The number of halogens is 1. The van der Waals surface area contributed by atoms with E-state index >= 15 is 0 Å². The van der Waals surface area contributed by atoms with Crippen LogP contribution in [0.25, 0.3) is 0 Å². The Labute approximate surface area is 91.1 Å². The molecule has 0 aromatic carbocycles. The first-order chi connectivity index (χ1) is 4.24. The van der Waals surface area contributed by atoms with Crippen LogP contribution in [0.1, 0.15) is 9.75 Å². The molecular weight excluding hydrogens is 295 g/mol. The SMILES string of the molecule is CSc1sc(C)c(C)[s+]1.[I-]. The van der Waals surface area contributed by atoms with Gasteiger partial charge in [0.15, 0.2) is 0 Å². The molecule has 0 amide bonds. The van der Waals surface area contributed by atoms with Crippen molar-refractivity contribution in [3.05, 3.63) is 9.75 Å². The third kappa shape index (κ3) is 2.64. The lowest BCUT2D eigenvalue weighted by Gasteiger charge is -1.66. The zero-order valence-electron chi connectivity index (χ0n) is 6.10. The molecule has 0 fully saturated rings. The van der Waals surface area contributed by atoms with Crippen molar-refractivity contribution in [2.24, 2.45) is 0 Å². The largest absolute Gasteiger partial charge is 1.00 e. The van der Waals surface area contributed by atoms with Crippen LogP contribution in [0.15, 0.2) is 3.52 Å². The Morgan fingerprint density at radius 2 is 2.00 bits per heavy atom. The van der Waals surface area contributed by atoms with Gasteiger partial charge < -0.3 is 24.0 Å². The summed E-state index contributed by atoms with van der Waals surface area (Å²) in [6, 6.07) is 0. The fourth-order valence-corrected chi connectivity index (χ4v) is 3.87. The summed E-state index contributed by atoms with van der Waals surface area (Å²) in [6.07, 6.45) is 2.13. The molecule has 0 aliphatic carbocycles. The lowest BCUT2D eigenvalue weighted by molar-refractivity contribution is -0.00000185. The normalized spacial score (nSPS) is 9.10. The van der Waals surface area contributed by atoms with Crippen LogP contribution in [0.3, 0.4) is 0 Å². The smallest absolute Gasteiger partial charge is 0.312 e. The second-order valence-electron chi connectivity index (χ2n) is 1.77. The summed E-state index contributed by atoms with van der Waals surface area (Å²) in [5, 5.41) is 0. The predicted octanol–water partition coefficient (Wildman–Crippen LogP) is 0.433. The molecule has 0 unspecified atom stereocenters. The van der Waals surface area contributed by atoms with Gasteiger partial charge in [-0.3, -0.25) is 0 Å². The van der Waals surface area contributed by atoms with E-state index in [1.165, 1.54) is 13.3 Å². The van der Waals surface area contributed by atoms with Gasteiger partial charge in [0.2, 0.25) is 0 Å². The summed E-state index contributed by atoms with van der Waals surface area (Å²) in [5.74, 6) is 0. The van der Waals surface area contributed by atoms with E-state index in [0.717, 1.165) is 0 Å². The fraction of sp³-hybridized carbons (Fsp3) is 0.500. The van der Waals surface area contributed by atoms with Gasteiger partial charge in [0.1, 0.15) is 9.75 Å². The van der Waals surface area contributed by atoms with E-state index < -0.39 is 0 Å². The first-order valence-corrected chi connectivity index (χ1v) is 5.54. The molecule has 0 aliphatic rings. The van der Waals surface area contributed by atoms with Crippen molar-refractivity contribution in [2.45, 2.75) is 17.4 Å². The van der Waals surface area contributed by atoms with Gasteiger partial charge in [0.05, 0.1) is 22.7 Å². The van der Waals surface area contributed by atoms with Gasteiger partial charge in [-0.15, -0.1) is 0 Å². The molecule has 0 saturated carbocycles. The first kappa shape index (κ1) is 11.1. The van der Waals surface area contributed by atoms with Crippen molar-refractivity contribution < 1.29 is 24.0 Å². The van der Waals surface area contributed by atoms with Gasteiger partial charge in [-0.1, -0.05) is 11.8 Å². The molecule has 0 saturated heterocycles. The van der Waals surface area contributed by atoms with Crippen LogP contribution < -0.4 is 24.0 Å². The highest BCUT2D eigenvalue weighted by molar-refractivity contribution is 8.02. The maximum atomic E-state index is 2.18. The number of thioether (sulfide) groups is 1. The van der Waals surface area contributed by atoms with Crippen LogP contribution >= 0.6 is 34.4 Å². The Morgan fingerprint density at radius 1 is 1.40 bits per heavy atom. The lowest BCUT2D eigenvalue weighted by atomic mass is 10.5. The average Bonchev–Trinajstić information content (AvgIpc) is 2.13. The van der Waals surface area contributed by atoms with Gasteiger partial charge >= 0.3 is 3.52 Å². The number of hydrogen-bond donors (Lipinski definition) is 0. The summed E-state index contributed by atoms with van der Waals surface area (Å²) >= 11 is 5.63. The van der Waals surface area contributed by atoms with Crippen LogP contribution in [0.2, 0.25) is 0 Å². The molecule has 0 atom stereocenters. The zero-order chi connectivity index (χ0) is 6.85. The summed E-state index contributed by atoms with van der Waals surface area (Å²) in [5.41, 5.74) is 0.